The smallest absolute Gasteiger partial charge is 0.326 e. The predicted molar refractivity (Wildman–Crippen MR) is 463 cm³/mol. The van der Waals surface area contributed by atoms with Crippen molar-refractivity contribution in [3.05, 3.63) is 35.9 Å². The zero-order valence-electron chi connectivity index (χ0n) is 70.5. The molecule has 1 aromatic carbocycles. The standard InChI is InChI=1S/C78H133N19O19S4/c1-10-44(5)62(95-70(107)51(26-17-20-34-81)86-72(109)55(38-43(3)4)91-67(104)50(25-16-19-33-80)85-66(103)49(24-15-18-32-79)87-74(111)58(42-118)94-65(102)48(82)41-117)76(113)93-56(39-47-22-13-12-14-23-47)71(108)84-46(7)64(101)90-54(31-37-120-9)77(114)97-35-21-27-59(97)75(112)89-53(30-36-119-8)69(106)88-52(28-29-60(83)98)68(105)92-57(40-61(99)100)73(110)96-63(78(115)116)45(6)11-2/h12-14,22-23,43-46,48-59,62-63,117-118H,10-11,15-21,24-42,79-82H2,1-9H3,(H2,83,98)(H,84,108)(H,85,103)(H,86,109)(H,87,111)(H,88,106)(H,89,112)(H,90,101)(H,91,104)(H,92,105)(H,93,113)(H,94,102)(H,95,107)(H,96,110)(H,99,100)(H,115,116)/t44-,45-,46-,48-,49-,50-,51-,52-,53-,54-,55-,56-,57-,58-,59-,62-,63-/m0/s1. The van der Waals surface area contributed by atoms with Crippen molar-refractivity contribution in [3.63, 3.8) is 0 Å². The Morgan fingerprint density at radius 3 is 1.33 bits per heavy atom. The van der Waals surface area contributed by atoms with E-state index in [0.29, 0.717) is 69.1 Å². The Hall–Kier alpha value is -8.55. The van der Waals surface area contributed by atoms with Crippen LogP contribution in [0.15, 0.2) is 30.3 Å². The molecular weight excluding hydrogens is 1640 g/mol. The van der Waals surface area contributed by atoms with Crippen LogP contribution in [-0.4, -0.2) is 268 Å². The summed E-state index contributed by atoms with van der Waals surface area (Å²) in [4.78, 5) is 237. The zero-order valence-corrected chi connectivity index (χ0v) is 73.9. The fourth-order valence-corrected chi connectivity index (χ4v) is 14.1. The van der Waals surface area contributed by atoms with Gasteiger partial charge < -0.3 is 113 Å². The first-order valence-corrected chi connectivity index (χ1v) is 45.0. The highest BCUT2D eigenvalue weighted by molar-refractivity contribution is 7.98. The van der Waals surface area contributed by atoms with E-state index in [2.05, 4.69) is 94.4 Å². The number of carbonyl (C=O) groups excluding carboxylic acids is 15. The molecule has 0 aliphatic carbocycles. The number of benzene rings is 1. The average molecular weight is 1770 g/mol. The van der Waals surface area contributed by atoms with Crippen LogP contribution in [0.4, 0.5) is 0 Å². The third kappa shape index (κ3) is 39.1. The van der Waals surface area contributed by atoms with E-state index >= 15 is 0 Å². The van der Waals surface area contributed by atoms with Crippen molar-refractivity contribution in [2.24, 2.45) is 46.4 Å². The maximum Gasteiger partial charge on any atom is 0.326 e. The number of nitrogens with two attached hydrogens (primary N) is 5. The van der Waals surface area contributed by atoms with Gasteiger partial charge in [0, 0.05) is 30.9 Å². The van der Waals surface area contributed by atoms with Crippen LogP contribution in [0.25, 0.3) is 0 Å². The summed E-state index contributed by atoms with van der Waals surface area (Å²) in [5.74, 6) is -16.6. The first kappa shape index (κ1) is 108. The lowest BCUT2D eigenvalue weighted by atomic mass is 9.96. The highest BCUT2D eigenvalue weighted by atomic mass is 32.2. The largest absolute Gasteiger partial charge is 0.481 e. The summed E-state index contributed by atoms with van der Waals surface area (Å²) in [6.45, 7) is 12.4. The molecule has 0 bridgehead atoms. The third-order valence-corrected chi connectivity index (χ3v) is 22.3. The molecule has 1 aliphatic rings. The minimum atomic E-state index is -1.86. The molecule has 1 saturated heterocycles. The van der Waals surface area contributed by atoms with E-state index in [1.165, 1.54) is 35.3 Å². The Morgan fingerprint density at radius 2 is 0.875 bits per heavy atom. The van der Waals surface area contributed by atoms with Crippen LogP contribution in [0.5, 0.6) is 0 Å². The number of carbonyl (C=O) groups is 17. The van der Waals surface area contributed by atoms with Gasteiger partial charge >= 0.3 is 11.9 Å². The lowest BCUT2D eigenvalue weighted by molar-refractivity contribution is -0.145. The summed E-state index contributed by atoms with van der Waals surface area (Å²) in [6.07, 6.45) is 5.03. The monoisotopic (exact) mass is 1770 g/mol. The number of thioether (sulfide) groups is 2. The van der Waals surface area contributed by atoms with E-state index in [1.807, 2.05) is 0 Å². The molecule has 15 amide bonds. The third-order valence-electron chi connectivity index (χ3n) is 20.3. The summed E-state index contributed by atoms with van der Waals surface area (Å²) >= 11 is 10.9. The second kappa shape index (κ2) is 58.5. The summed E-state index contributed by atoms with van der Waals surface area (Å²) in [5.41, 5.74) is 29.3. The second-order valence-electron chi connectivity index (χ2n) is 30.4. The van der Waals surface area contributed by atoms with Crippen LogP contribution in [0.3, 0.4) is 0 Å². The number of nitrogens with zero attached hydrogens (tertiary/aromatic N) is 1. The highest BCUT2D eigenvalue weighted by Gasteiger charge is 2.42. The number of amides is 15. The average Bonchev–Trinajstić information content (AvgIpc) is 1.44. The minimum absolute atomic E-state index is 0.0127. The molecule has 0 saturated carbocycles. The molecule has 1 heterocycles. The van der Waals surface area contributed by atoms with Crippen molar-refractivity contribution in [1.82, 2.24) is 74.0 Å². The van der Waals surface area contributed by atoms with Crippen LogP contribution < -0.4 is 97.8 Å². The van der Waals surface area contributed by atoms with Gasteiger partial charge in [-0.15, -0.1) is 0 Å². The number of carboxylic acids is 2. The van der Waals surface area contributed by atoms with Crippen molar-refractivity contribution in [3.8, 4) is 0 Å². The molecule has 25 N–H and O–H groups in total. The SMILES string of the molecule is CC[C@H](C)[C@H](NC(=O)[C@H](CC(=O)O)NC(=O)[C@H](CCC(N)=O)NC(=O)[C@H](CCSC)NC(=O)[C@@H]1CCCN1C(=O)[C@H](CCSC)NC(=O)[C@H](C)NC(=O)[C@H](Cc1ccccc1)NC(=O)[C@@H](NC(=O)[C@H](CCCCN)NC(=O)[C@H](CC(C)C)NC(=O)[C@H](CCCCN)NC(=O)[C@H](CCCCN)NC(=O)[C@H](CS)NC(=O)[C@@H](N)CS)[C@@H](C)CC)C(=O)O. The van der Waals surface area contributed by atoms with Crippen molar-refractivity contribution < 1.29 is 91.7 Å². The van der Waals surface area contributed by atoms with Gasteiger partial charge in [0.15, 0.2) is 0 Å². The van der Waals surface area contributed by atoms with Gasteiger partial charge in [-0.1, -0.05) is 84.7 Å². The van der Waals surface area contributed by atoms with Gasteiger partial charge in [0.1, 0.15) is 84.6 Å². The Balaban J connectivity index is 2.51. The Morgan fingerprint density at radius 1 is 0.467 bits per heavy atom. The van der Waals surface area contributed by atoms with Gasteiger partial charge in [-0.3, -0.25) is 76.7 Å². The zero-order chi connectivity index (χ0) is 90.3. The van der Waals surface area contributed by atoms with Crippen molar-refractivity contribution in [1.29, 1.82) is 0 Å². The fraction of sp³-hybridized carbons (Fsp3) is 0.705. The van der Waals surface area contributed by atoms with Gasteiger partial charge in [0.25, 0.3) is 0 Å². The maximum absolute atomic E-state index is 14.9. The quantitative estimate of drug-likeness (QED) is 0.0238. The van der Waals surface area contributed by atoms with Crippen molar-refractivity contribution >= 4 is 149 Å². The molecule has 17 atom stereocenters. The number of primary amides is 1. The van der Waals surface area contributed by atoms with Gasteiger partial charge in [0.2, 0.25) is 88.6 Å². The number of rotatable bonds is 61. The topological polar surface area (TPSA) is 620 Å². The van der Waals surface area contributed by atoms with Gasteiger partial charge in [-0.25, -0.2) is 4.79 Å². The fourth-order valence-electron chi connectivity index (χ4n) is 12.8. The molecule has 0 unspecified atom stereocenters. The minimum Gasteiger partial charge on any atom is -0.481 e. The number of carboxylic acid groups (broad SMARTS) is 2. The van der Waals surface area contributed by atoms with Crippen LogP contribution in [0.2, 0.25) is 0 Å². The number of aliphatic carboxylic acids is 2. The number of likely N-dealkylation sites (tertiary alicyclic amines) is 1. The number of hydrogen-bond acceptors (Lipinski definition) is 25. The van der Waals surface area contributed by atoms with Crippen molar-refractivity contribution in [2.75, 3.05) is 61.7 Å². The summed E-state index contributed by atoms with van der Waals surface area (Å²) in [6, 6.07) is -11.8. The Labute approximate surface area is 722 Å². The molecular formula is C78H133N19O19S4. The molecule has 0 aromatic heterocycles. The van der Waals surface area contributed by atoms with E-state index < -0.39 is 222 Å². The maximum atomic E-state index is 14.9. The van der Waals surface area contributed by atoms with Gasteiger partial charge in [-0.2, -0.15) is 48.8 Å². The number of thiol groups is 2. The molecule has 2 rings (SSSR count). The molecule has 678 valence electrons. The first-order chi connectivity index (χ1) is 56.9. The summed E-state index contributed by atoms with van der Waals surface area (Å²) in [7, 11) is 0. The van der Waals surface area contributed by atoms with E-state index in [0.717, 1.165) is 0 Å². The van der Waals surface area contributed by atoms with Crippen LogP contribution >= 0.6 is 48.8 Å². The number of unbranched alkanes of at least 4 members (excludes halogenated alkanes) is 3. The van der Waals surface area contributed by atoms with Crippen LogP contribution in [0, 0.1) is 17.8 Å². The molecule has 1 aliphatic heterocycles. The normalized spacial score (nSPS) is 16.5. The second-order valence-corrected chi connectivity index (χ2v) is 33.1. The van der Waals surface area contributed by atoms with E-state index in [1.54, 1.807) is 84.4 Å². The van der Waals surface area contributed by atoms with Crippen molar-refractivity contribution in [2.45, 2.75) is 268 Å². The van der Waals surface area contributed by atoms with Crippen LogP contribution in [0.1, 0.15) is 176 Å². The molecule has 0 spiro atoms. The molecule has 38 nitrogen and oxygen atoms in total. The van der Waals surface area contributed by atoms with Gasteiger partial charge in [-0.05, 0) is 170 Å². The first-order valence-electron chi connectivity index (χ1n) is 41.0. The van der Waals surface area contributed by atoms with Gasteiger partial charge in [0.05, 0.1) is 12.5 Å². The molecule has 0 radical (unpaired) electrons. The molecule has 120 heavy (non-hydrogen) atoms. The summed E-state index contributed by atoms with van der Waals surface area (Å²) < 4.78 is 0. The lowest BCUT2D eigenvalue weighted by Crippen LogP contribution is -2.61. The number of nitrogens with one attached hydrogen (secondary N) is 13. The Kier molecular flexibility index (Phi) is 52.4. The summed E-state index contributed by atoms with van der Waals surface area (Å²) in [5, 5.41) is 53.7. The van der Waals surface area contributed by atoms with Crippen LogP contribution in [-0.2, 0) is 87.9 Å². The highest BCUT2D eigenvalue weighted by Crippen LogP contribution is 2.22. The Bertz CT molecular complexity index is 3510. The van der Waals surface area contributed by atoms with E-state index in [-0.39, 0.29) is 101 Å². The predicted octanol–water partition coefficient (Wildman–Crippen LogP) is -2.41. The van der Waals surface area contributed by atoms with E-state index in [9.17, 15) is 91.7 Å². The lowest BCUT2D eigenvalue weighted by Gasteiger charge is -2.31. The molecule has 1 fully saturated rings. The molecule has 1 aromatic rings. The molecule has 42 heteroatoms. The van der Waals surface area contributed by atoms with E-state index in [4.69, 9.17) is 28.7 Å². The number of hydrogen-bond donors (Lipinski definition) is 22.